The molecule has 0 aliphatic carbocycles. The monoisotopic (exact) mass is 247 g/mol. The Morgan fingerprint density at radius 1 is 1.29 bits per heavy atom. The van der Waals surface area contributed by atoms with Crippen molar-refractivity contribution >= 4 is 11.6 Å². The van der Waals surface area contributed by atoms with E-state index >= 15 is 0 Å². The number of benzene rings is 1. The van der Waals surface area contributed by atoms with Crippen LogP contribution < -0.4 is 5.73 Å². The maximum atomic E-state index is 6.12. The van der Waals surface area contributed by atoms with Crippen LogP contribution in [0.5, 0.6) is 0 Å². The third-order valence-corrected chi connectivity index (χ3v) is 2.94. The summed E-state index contributed by atoms with van der Waals surface area (Å²) < 4.78 is 0. The van der Waals surface area contributed by atoms with Gasteiger partial charge in [0, 0.05) is 11.2 Å². The maximum Gasteiger partial charge on any atom is 0.125 e. The number of nitrogens with zero attached hydrogens (tertiary/aromatic N) is 2. The molecule has 0 bridgehead atoms. The Kier molecular flexibility index (Phi) is 3.71. The van der Waals surface area contributed by atoms with Crippen LogP contribution in [0.4, 0.5) is 0 Å². The van der Waals surface area contributed by atoms with Gasteiger partial charge in [-0.3, -0.25) is 0 Å². The quantitative estimate of drug-likeness (QED) is 0.907. The summed E-state index contributed by atoms with van der Waals surface area (Å²) >= 11 is 6.10. The molecule has 0 saturated carbocycles. The van der Waals surface area contributed by atoms with Crippen LogP contribution in [0.3, 0.4) is 0 Å². The molecule has 0 fully saturated rings. The Bertz CT molecular complexity index is 514. The van der Waals surface area contributed by atoms with Crippen molar-refractivity contribution in [3.05, 3.63) is 58.6 Å². The average molecular weight is 248 g/mol. The van der Waals surface area contributed by atoms with Crippen molar-refractivity contribution in [2.45, 2.75) is 19.4 Å². The van der Waals surface area contributed by atoms with E-state index < -0.39 is 0 Å². The van der Waals surface area contributed by atoms with Crippen molar-refractivity contribution in [3.8, 4) is 0 Å². The van der Waals surface area contributed by atoms with E-state index in [9.17, 15) is 0 Å². The molecule has 0 spiro atoms. The summed E-state index contributed by atoms with van der Waals surface area (Å²) in [6.45, 7) is 1.85. The standard InChI is InChI=1S/C13H14ClN3/c1-9-16-7-6-13(17-9)12(15)8-10-4-2-3-5-11(10)14/h2-7,12H,8,15H2,1H3. The topological polar surface area (TPSA) is 51.8 Å². The van der Waals surface area contributed by atoms with E-state index in [2.05, 4.69) is 9.97 Å². The van der Waals surface area contributed by atoms with Crippen LogP contribution >= 0.6 is 11.6 Å². The van der Waals surface area contributed by atoms with Gasteiger partial charge in [-0.05, 0) is 31.0 Å². The highest BCUT2D eigenvalue weighted by molar-refractivity contribution is 6.31. The first-order valence-electron chi connectivity index (χ1n) is 5.45. The fourth-order valence-corrected chi connectivity index (χ4v) is 1.90. The molecule has 88 valence electrons. The first-order valence-corrected chi connectivity index (χ1v) is 5.83. The van der Waals surface area contributed by atoms with Crippen molar-refractivity contribution in [2.75, 3.05) is 0 Å². The number of hydrogen-bond donors (Lipinski definition) is 1. The summed E-state index contributed by atoms with van der Waals surface area (Å²) in [5.74, 6) is 0.733. The van der Waals surface area contributed by atoms with Crippen molar-refractivity contribution in [1.82, 2.24) is 9.97 Å². The van der Waals surface area contributed by atoms with E-state index in [-0.39, 0.29) is 6.04 Å². The minimum atomic E-state index is -0.156. The van der Waals surface area contributed by atoms with Crippen molar-refractivity contribution in [3.63, 3.8) is 0 Å². The molecule has 0 amide bonds. The van der Waals surface area contributed by atoms with Gasteiger partial charge in [0.1, 0.15) is 5.82 Å². The van der Waals surface area contributed by atoms with Crippen LogP contribution in [0, 0.1) is 6.92 Å². The molecule has 1 unspecified atom stereocenters. The molecule has 0 saturated heterocycles. The molecule has 1 aromatic carbocycles. The van der Waals surface area contributed by atoms with Crippen LogP contribution in [0.15, 0.2) is 36.5 Å². The zero-order valence-electron chi connectivity index (χ0n) is 9.60. The molecular weight excluding hydrogens is 234 g/mol. The van der Waals surface area contributed by atoms with E-state index in [0.717, 1.165) is 22.1 Å². The molecule has 2 rings (SSSR count). The van der Waals surface area contributed by atoms with Gasteiger partial charge in [-0.15, -0.1) is 0 Å². The minimum absolute atomic E-state index is 0.156. The fraction of sp³-hybridized carbons (Fsp3) is 0.231. The molecule has 17 heavy (non-hydrogen) atoms. The number of nitrogens with two attached hydrogens (primary N) is 1. The Hall–Kier alpha value is -1.45. The molecule has 2 aromatic rings. The van der Waals surface area contributed by atoms with Crippen LogP contribution in [0.25, 0.3) is 0 Å². The molecule has 1 atom stereocenters. The number of aromatic nitrogens is 2. The molecule has 3 nitrogen and oxygen atoms in total. The number of rotatable bonds is 3. The smallest absolute Gasteiger partial charge is 0.125 e. The summed E-state index contributed by atoms with van der Waals surface area (Å²) in [6, 6.07) is 9.40. The maximum absolute atomic E-state index is 6.12. The lowest BCUT2D eigenvalue weighted by atomic mass is 10.0. The Morgan fingerprint density at radius 2 is 2.06 bits per heavy atom. The first-order chi connectivity index (χ1) is 8.16. The lowest BCUT2D eigenvalue weighted by molar-refractivity contribution is 0.688. The van der Waals surface area contributed by atoms with Gasteiger partial charge in [-0.1, -0.05) is 29.8 Å². The zero-order valence-corrected chi connectivity index (χ0v) is 10.4. The summed E-state index contributed by atoms with van der Waals surface area (Å²) in [4.78, 5) is 8.37. The van der Waals surface area contributed by atoms with Gasteiger partial charge in [0.05, 0.1) is 11.7 Å². The van der Waals surface area contributed by atoms with E-state index in [1.54, 1.807) is 6.20 Å². The molecule has 4 heteroatoms. The summed E-state index contributed by atoms with van der Waals surface area (Å²) in [6.07, 6.45) is 2.40. The lowest BCUT2D eigenvalue weighted by Crippen LogP contribution is -2.15. The predicted octanol–water partition coefficient (Wildman–Crippen LogP) is 2.68. The molecule has 1 heterocycles. The van der Waals surface area contributed by atoms with Gasteiger partial charge in [-0.25, -0.2) is 9.97 Å². The van der Waals surface area contributed by atoms with E-state index in [1.165, 1.54) is 0 Å². The molecular formula is C13H14ClN3. The summed E-state index contributed by atoms with van der Waals surface area (Å²) in [5.41, 5.74) is 8.00. The largest absolute Gasteiger partial charge is 0.322 e. The third kappa shape index (κ3) is 3.02. The predicted molar refractivity (Wildman–Crippen MR) is 68.9 cm³/mol. The van der Waals surface area contributed by atoms with E-state index in [1.807, 2.05) is 37.3 Å². The Labute approximate surface area is 106 Å². The third-order valence-electron chi connectivity index (χ3n) is 2.58. The second-order valence-corrected chi connectivity index (χ2v) is 4.34. The number of hydrogen-bond acceptors (Lipinski definition) is 3. The van der Waals surface area contributed by atoms with Crippen molar-refractivity contribution < 1.29 is 0 Å². The highest BCUT2D eigenvalue weighted by atomic mass is 35.5. The van der Waals surface area contributed by atoms with Gasteiger partial charge >= 0.3 is 0 Å². The summed E-state index contributed by atoms with van der Waals surface area (Å²) in [7, 11) is 0. The Balaban J connectivity index is 2.17. The van der Waals surface area contributed by atoms with Crippen LogP contribution in [0.2, 0.25) is 5.02 Å². The SMILES string of the molecule is Cc1nccc(C(N)Cc2ccccc2Cl)n1. The number of halogens is 1. The second kappa shape index (κ2) is 5.25. The Morgan fingerprint density at radius 3 is 2.76 bits per heavy atom. The van der Waals surface area contributed by atoms with E-state index in [4.69, 9.17) is 17.3 Å². The highest BCUT2D eigenvalue weighted by Gasteiger charge is 2.10. The van der Waals surface area contributed by atoms with Crippen molar-refractivity contribution in [2.24, 2.45) is 5.73 Å². The highest BCUT2D eigenvalue weighted by Crippen LogP contribution is 2.20. The first kappa shape index (κ1) is 12.0. The van der Waals surface area contributed by atoms with Crippen LogP contribution in [0.1, 0.15) is 23.1 Å². The molecule has 0 aliphatic rings. The van der Waals surface area contributed by atoms with Gasteiger partial charge in [0.25, 0.3) is 0 Å². The fourth-order valence-electron chi connectivity index (χ4n) is 1.69. The molecule has 0 radical (unpaired) electrons. The zero-order chi connectivity index (χ0) is 12.3. The lowest BCUT2D eigenvalue weighted by Gasteiger charge is -2.12. The summed E-state index contributed by atoms with van der Waals surface area (Å²) in [5, 5.41) is 0.744. The second-order valence-electron chi connectivity index (χ2n) is 3.93. The average Bonchev–Trinajstić information content (AvgIpc) is 2.32. The van der Waals surface area contributed by atoms with Crippen LogP contribution in [-0.4, -0.2) is 9.97 Å². The number of aryl methyl sites for hydroxylation is 1. The normalized spacial score (nSPS) is 12.4. The van der Waals surface area contributed by atoms with Gasteiger partial charge in [0.15, 0.2) is 0 Å². The molecule has 0 aliphatic heterocycles. The van der Waals surface area contributed by atoms with Crippen molar-refractivity contribution in [1.29, 1.82) is 0 Å². The van der Waals surface area contributed by atoms with Gasteiger partial charge in [-0.2, -0.15) is 0 Å². The van der Waals surface area contributed by atoms with E-state index in [0.29, 0.717) is 6.42 Å². The molecule has 2 N–H and O–H groups in total. The van der Waals surface area contributed by atoms with Gasteiger partial charge < -0.3 is 5.73 Å². The molecule has 1 aromatic heterocycles. The van der Waals surface area contributed by atoms with Gasteiger partial charge in [0.2, 0.25) is 0 Å². The van der Waals surface area contributed by atoms with Crippen LogP contribution in [-0.2, 0) is 6.42 Å². The minimum Gasteiger partial charge on any atom is -0.322 e.